The van der Waals surface area contributed by atoms with Gasteiger partial charge >= 0.3 is 39.5 Å². The summed E-state index contributed by atoms with van der Waals surface area (Å²) in [7, 11) is -9.89. The molecule has 0 aromatic rings. The molecular weight excluding hydrogens is 1100 g/mol. The topological polar surface area (TPSA) is 237 Å². The molecule has 3 N–H and O–H groups in total. The number of hydrogen-bond acceptors (Lipinski definition) is 15. The van der Waals surface area contributed by atoms with E-state index in [0.29, 0.717) is 31.6 Å². The van der Waals surface area contributed by atoms with Crippen LogP contribution in [0.4, 0.5) is 0 Å². The lowest BCUT2D eigenvalue weighted by molar-refractivity contribution is -0.161. The van der Waals surface area contributed by atoms with Crippen molar-refractivity contribution in [2.24, 2.45) is 17.8 Å². The van der Waals surface area contributed by atoms with Gasteiger partial charge in [-0.2, -0.15) is 0 Å². The number of ether oxygens (including phenoxy) is 4. The monoisotopic (exact) mass is 1230 g/mol. The van der Waals surface area contributed by atoms with Crippen LogP contribution in [-0.2, 0) is 65.4 Å². The van der Waals surface area contributed by atoms with Crippen LogP contribution in [0.3, 0.4) is 0 Å². The van der Waals surface area contributed by atoms with Crippen LogP contribution in [-0.4, -0.2) is 96.7 Å². The van der Waals surface area contributed by atoms with Crippen LogP contribution in [0.2, 0.25) is 0 Å². The second-order valence-electron chi connectivity index (χ2n) is 24.1. The number of aliphatic hydroxyl groups is 1. The molecule has 0 aromatic carbocycles. The van der Waals surface area contributed by atoms with E-state index < -0.39 is 97.5 Å². The zero-order chi connectivity index (χ0) is 61.7. The first-order valence-corrected chi connectivity index (χ1v) is 36.4. The normalized spacial score (nSPS) is 15.0. The van der Waals surface area contributed by atoms with Gasteiger partial charge < -0.3 is 33.8 Å². The van der Waals surface area contributed by atoms with Gasteiger partial charge in [0.2, 0.25) is 0 Å². The molecule has 492 valence electrons. The highest BCUT2D eigenvalue weighted by molar-refractivity contribution is 7.47. The maximum atomic E-state index is 13.0. The highest BCUT2D eigenvalue weighted by atomic mass is 31.2. The number of aliphatic hydroxyl groups excluding tert-OH is 1. The maximum absolute atomic E-state index is 13.0. The number of phosphoric acid groups is 2. The fourth-order valence-corrected chi connectivity index (χ4v) is 11.0. The summed E-state index contributed by atoms with van der Waals surface area (Å²) in [6, 6.07) is 0. The first kappa shape index (κ1) is 81.1. The van der Waals surface area contributed by atoms with Gasteiger partial charge in [0.1, 0.15) is 19.3 Å². The Morgan fingerprint density at radius 2 is 0.614 bits per heavy atom. The molecular formula is C64H124O17P2. The van der Waals surface area contributed by atoms with Crippen LogP contribution in [0.1, 0.15) is 312 Å². The molecule has 0 aliphatic carbocycles. The summed E-state index contributed by atoms with van der Waals surface area (Å²) in [6.45, 7) is 11.7. The minimum absolute atomic E-state index is 0.102. The van der Waals surface area contributed by atoms with Crippen molar-refractivity contribution in [3.63, 3.8) is 0 Å². The summed E-state index contributed by atoms with van der Waals surface area (Å²) in [6.07, 6.45) is 36.3. The lowest BCUT2D eigenvalue weighted by Crippen LogP contribution is -2.30. The molecule has 0 radical (unpaired) electrons. The van der Waals surface area contributed by atoms with E-state index in [1.165, 1.54) is 109 Å². The van der Waals surface area contributed by atoms with Gasteiger partial charge in [-0.25, -0.2) is 9.13 Å². The van der Waals surface area contributed by atoms with Gasteiger partial charge in [-0.15, -0.1) is 0 Å². The van der Waals surface area contributed by atoms with E-state index in [2.05, 4.69) is 48.5 Å². The summed E-state index contributed by atoms with van der Waals surface area (Å²) in [4.78, 5) is 72.2. The third kappa shape index (κ3) is 56.3. The average molecular weight is 1230 g/mol. The summed E-state index contributed by atoms with van der Waals surface area (Å²) in [5, 5.41) is 10.5. The number of phosphoric ester groups is 2. The van der Waals surface area contributed by atoms with Crippen molar-refractivity contribution in [2.75, 3.05) is 39.6 Å². The van der Waals surface area contributed by atoms with E-state index in [0.717, 1.165) is 115 Å². The molecule has 7 atom stereocenters. The molecule has 0 heterocycles. The molecule has 83 heavy (non-hydrogen) atoms. The van der Waals surface area contributed by atoms with Crippen molar-refractivity contribution >= 4 is 39.5 Å². The van der Waals surface area contributed by atoms with Gasteiger partial charge in [-0.3, -0.25) is 37.3 Å². The van der Waals surface area contributed by atoms with Crippen molar-refractivity contribution in [3.8, 4) is 0 Å². The fourth-order valence-electron chi connectivity index (χ4n) is 9.42. The molecule has 0 saturated carbocycles. The summed E-state index contributed by atoms with van der Waals surface area (Å²) >= 11 is 0. The zero-order valence-electron chi connectivity index (χ0n) is 53.6. The Morgan fingerprint density at radius 1 is 0.349 bits per heavy atom. The predicted octanol–water partition coefficient (Wildman–Crippen LogP) is 17.5. The highest BCUT2D eigenvalue weighted by Crippen LogP contribution is 2.45. The molecule has 0 aromatic heterocycles. The highest BCUT2D eigenvalue weighted by Gasteiger charge is 2.30. The maximum Gasteiger partial charge on any atom is 0.472 e. The minimum atomic E-state index is -4.94. The Kier molecular flexibility index (Phi) is 54.1. The molecule has 0 aliphatic heterocycles. The van der Waals surface area contributed by atoms with Crippen LogP contribution in [0.15, 0.2) is 0 Å². The SMILES string of the molecule is CCCCCCCCCCCCCCCC(=O)O[C@H](COC(=O)CCCCCCCCCC(C)C)COP(=O)(O)OC[C@@H](O)COP(=O)(O)OC[C@@H](COC(=O)CCCCCCCCC(C)CC)OC(=O)CCCCCCCCC(C)CC. The summed E-state index contributed by atoms with van der Waals surface area (Å²) in [5.74, 6) is 0.0173. The number of esters is 4. The Hall–Kier alpha value is -1.94. The molecule has 0 aliphatic rings. The molecule has 19 heteroatoms. The number of carbonyl (C=O) groups excluding carboxylic acids is 4. The predicted molar refractivity (Wildman–Crippen MR) is 331 cm³/mol. The smallest absolute Gasteiger partial charge is 0.462 e. The first-order chi connectivity index (χ1) is 39.8. The van der Waals surface area contributed by atoms with Crippen LogP contribution >= 0.6 is 15.6 Å². The molecule has 0 bridgehead atoms. The third-order valence-electron chi connectivity index (χ3n) is 15.4. The van der Waals surface area contributed by atoms with Crippen molar-refractivity contribution in [1.29, 1.82) is 0 Å². The van der Waals surface area contributed by atoms with E-state index in [1.807, 2.05) is 0 Å². The van der Waals surface area contributed by atoms with Crippen molar-refractivity contribution in [3.05, 3.63) is 0 Å². The first-order valence-electron chi connectivity index (χ1n) is 33.4. The molecule has 0 saturated heterocycles. The van der Waals surface area contributed by atoms with E-state index >= 15 is 0 Å². The fraction of sp³-hybridized carbons (Fsp3) is 0.938. The molecule has 0 amide bonds. The zero-order valence-corrected chi connectivity index (χ0v) is 55.4. The van der Waals surface area contributed by atoms with E-state index in [-0.39, 0.29) is 25.7 Å². The molecule has 0 rings (SSSR count). The van der Waals surface area contributed by atoms with Gasteiger partial charge in [0.05, 0.1) is 26.4 Å². The Morgan fingerprint density at radius 3 is 0.916 bits per heavy atom. The lowest BCUT2D eigenvalue weighted by Gasteiger charge is -2.21. The third-order valence-corrected chi connectivity index (χ3v) is 17.3. The van der Waals surface area contributed by atoms with Gasteiger partial charge in [0.25, 0.3) is 0 Å². The quantitative estimate of drug-likeness (QED) is 0.0222. The van der Waals surface area contributed by atoms with E-state index in [1.54, 1.807) is 0 Å². The Balaban J connectivity index is 5.26. The summed E-state index contributed by atoms with van der Waals surface area (Å²) in [5.41, 5.74) is 0. The Labute approximate surface area is 505 Å². The molecule has 4 unspecified atom stereocenters. The van der Waals surface area contributed by atoms with Crippen molar-refractivity contribution in [2.45, 2.75) is 330 Å². The largest absolute Gasteiger partial charge is 0.472 e. The molecule has 17 nitrogen and oxygen atoms in total. The van der Waals surface area contributed by atoms with Gasteiger partial charge in [0.15, 0.2) is 12.2 Å². The van der Waals surface area contributed by atoms with Crippen molar-refractivity contribution in [1.82, 2.24) is 0 Å². The van der Waals surface area contributed by atoms with E-state index in [9.17, 15) is 43.2 Å². The van der Waals surface area contributed by atoms with Crippen LogP contribution in [0.25, 0.3) is 0 Å². The van der Waals surface area contributed by atoms with Gasteiger partial charge in [0, 0.05) is 25.7 Å². The van der Waals surface area contributed by atoms with Gasteiger partial charge in [-0.1, -0.05) is 260 Å². The van der Waals surface area contributed by atoms with Gasteiger partial charge in [-0.05, 0) is 43.4 Å². The molecule has 0 spiro atoms. The van der Waals surface area contributed by atoms with Crippen molar-refractivity contribution < 1.29 is 80.2 Å². The lowest BCUT2D eigenvalue weighted by atomic mass is 10.00. The standard InChI is InChI=1S/C64H124O17P2/c1-8-11-12-13-14-15-16-17-18-19-22-33-40-47-63(68)80-59(51-74-61(66)45-38-31-23-20-21-28-35-42-55(4)5)53-78-82(70,71)76-49-58(65)50-77-83(72,73)79-54-60(81-64(69)48-41-34-27-25-30-37-44-57(7)10-3)52-75-62(67)46-39-32-26-24-29-36-43-56(6)9-2/h55-60,65H,8-54H2,1-7H3,(H,70,71)(H,72,73)/t56?,57?,58-,59-,60-/m1/s1. The second kappa shape index (κ2) is 55.4. The molecule has 0 fully saturated rings. The minimum Gasteiger partial charge on any atom is -0.462 e. The number of carbonyl (C=O) groups is 4. The van der Waals surface area contributed by atoms with Crippen LogP contribution < -0.4 is 0 Å². The number of hydrogen-bond donors (Lipinski definition) is 3. The second-order valence-corrected chi connectivity index (χ2v) is 27.0. The summed E-state index contributed by atoms with van der Waals surface area (Å²) < 4.78 is 68.0. The van der Waals surface area contributed by atoms with Crippen LogP contribution in [0, 0.1) is 17.8 Å². The Bertz CT molecular complexity index is 1650. The number of rotatable bonds is 62. The number of unbranched alkanes of at least 4 members (excludes halogenated alkanes) is 28. The average Bonchev–Trinajstić information content (AvgIpc) is 3.45. The van der Waals surface area contributed by atoms with E-state index in [4.69, 9.17) is 37.0 Å². The van der Waals surface area contributed by atoms with Crippen LogP contribution in [0.5, 0.6) is 0 Å².